The second-order valence-corrected chi connectivity index (χ2v) is 8.02. The summed E-state index contributed by atoms with van der Waals surface area (Å²) >= 11 is -0.0859. The number of benzene rings is 3. The number of para-hydroxylation sites is 1. The fraction of sp³-hybridized carbons (Fsp3) is 0.0476. The van der Waals surface area contributed by atoms with Gasteiger partial charge in [-0.25, -0.2) is 0 Å². The summed E-state index contributed by atoms with van der Waals surface area (Å²) < 4.78 is 47.4. The second kappa shape index (κ2) is 6.67. The van der Waals surface area contributed by atoms with E-state index in [-0.39, 0.29) is 15.0 Å². The Bertz CT molecular complexity index is 1050. The van der Waals surface area contributed by atoms with Crippen molar-refractivity contribution in [1.29, 1.82) is 0 Å². The molecule has 4 rings (SSSR count). The molecule has 0 radical (unpaired) electrons. The van der Waals surface area contributed by atoms with Gasteiger partial charge in [-0.3, -0.25) is 0 Å². The molecule has 1 nitrogen and oxygen atoms in total. The SMILES string of the molecule is FC(F)(F)c1cccc(-c2oc3ccccc3c2[Se]c2ccccc2)c1. The first-order chi connectivity index (χ1) is 12.5. The van der Waals surface area contributed by atoms with E-state index in [9.17, 15) is 13.2 Å². The van der Waals surface area contributed by atoms with Crippen molar-refractivity contribution in [3.8, 4) is 11.3 Å². The zero-order valence-electron chi connectivity index (χ0n) is 13.5. The predicted molar refractivity (Wildman–Crippen MR) is 98.1 cm³/mol. The summed E-state index contributed by atoms with van der Waals surface area (Å²) in [6.45, 7) is 0. The predicted octanol–water partition coefficient (Wildman–Crippen LogP) is 4.77. The molecule has 0 spiro atoms. The number of alkyl halides is 3. The van der Waals surface area contributed by atoms with E-state index in [1.165, 1.54) is 6.07 Å². The van der Waals surface area contributed by atoms with E-state index in [0.717, 1.165) is 26.4 Å². The van der Waals surface area contributed by atoms with E-state index in [0.29, 0.717) is 16.9 Å². The molecule has 0 aliphatic carbocycles. The molecule has 26 heavy (non-hydrogen) atoms. The van der Waals surface area contributed by atoms with Gasteiger partial charge in [-0.1, -0.05) is 0 Å². The van der Waals surface area contributed by atoms with Crippen LogP contribution in [0.4, 0.5) is 13.2 Å². The van der Waals surface area contributed by atoms with Crippen LogP contribution in [0.1, 0.15) is 5.56 Å². The Labute approximate surface area is 154 Å². The van der Waals surface area contributed by atoms with Crippen molar-refractivity contribution in [1.82, 2.24) is 0 Å². The number of rotatable bonds is 3. The molecule has 0 atom stereocenters. The minimum absolute atomic E-state index is 0.0859. The van der Waals surface area contributed by atoms with Gasteiger partial charge in [0.05, 0.1) is 0 Å². The van der Waals surface area contributed by atoms with Crippen LogP contribution in [-0.4, -0.2) is 15.0 Å². The Morgan fingerprint density at radius 3 is 2.27 bits per heavy atom. The monoisotopic (exact) mass is 418 g/mol. The van der Waals surface area contributed by atoms with Crippen molar-refractivity contribution in [2.24, 2.45) is 0 Å². The summed E-state index contributed by atoms with van der Waals surface area (Å²) in [6, 6.07) is 22.8. The van der Waals surface area contributed by atoms with Gasteiger partial charge >= 0.3 is 154 Å². The van der Waals surface area contributed by atoms with Gasteiger partial charge in [0.1, 0.15) is 0 Å². The van der Waals surface area contributed by atoms with Crippen molar-refractivity contribution >= 4 is 34.8 Å². The van der Waals surface area contributed by atoms with Gasteiger partial charge in [0.15, 0.2) is 0 Å². The van der Waals surface area contributed by atoms with Gasteiger partial charge < -0.3 is 0 Å². The first kappa shape index (κ1) is 17.0. The molecule has 130 valence electrons. The molecule has 0 aliphatic heterocycles. The number of hydrogen-bond acceptors (Lipinski definition) is 1. The van der Waals surface area contributed by atoms with E-state index in [4.69, 9.17) is 4.42 Å². The van der Waals surface area contributed by atoms with Crippen molar-refractivity contribution in [2.45, 2.75) is 6.18 Å². The molecule has 0 amide bonds. The molecule has 3 aromatic carbocycles. The first-order valence-electron chi connectivity index (χ1n) is 7.94. The van der Waals surface area contributed by atoms with E-state index >= 15 is 0 Å². The molecule has 4 aromatic rings. The fourth-order valence-corrected chi connectivity index (χ4v) is 4.98. The Morgan fingerprint density at radius 2 is 1.50 bits per heavy atom. The summed E-state index contributed by atoms with van der Waals surface area (Å²) in [5.74, 6) is 0.515. The molecule has 0 saturated carbocycles. The van der Waals surface area contributed by atoms with Crippen LogP contribution in [0.25, 0.3) is 22.3 Å². The average molecular weight is 417 g/mol. The zero-order chi connectivity index (χ0) is 18.1. The summed E-state index contributed by atoms with van der Waals surface area (Å²) in [6.07, 6.45) is -4.38. The van der Waals surface area contributed by atoms with E-state index in [1.807, 2.05) is 54.6 Å². The molecular weight excluding hydrogens is 404 g/mol. The van der Waals surface area contributed by atoms with Crippen molar-refractivity contribution < 1.29 is 17.6 Å². The molecule has 1 aromatic heterocycles. The molecule has 0 N–H and O–H groups in total. The van der Waals surface area contributed by atoms with Gasteiger partial charge in [-0.05, 0) is 0 Å². The maximum absolute atomic E-state index is 13.1. The number of hydrogen-bond donors (Lipinski definition) is 0. The zero-order valence-corrected chi connectivity index (χ0v) is 15.2. The number of furan rings is 1. The van der Waals surface area contributed by atoms with Gasteiger partial charge in [-0.15, -0.1) is 0 Å². The van der Waals surface area contributed by atoms with Crippen LogP contribution in [0.3, 0.4) is 0 Å². The molecule has 5 heteroatoms. The van der Waals surface area contributed by atoms with Crippen LogP contribution in [-0.2, 0) is 6.18 Å². The standard InChI is InChI=1S/C21H13F3OSe/c22-21(23,24)15-8-6-7-14(13-15)19-20(26-16-9-2-1-3-10-16)17-11-4-5-12-18(17)25-19/h1-13H. The molecule has 0 aliphatic rings. The topological polar surface area (TPSA) is 13.1 Å². The quantitative estimate of drug-likeness (QED) is 0.438. The minimum atomic E-state index is -4.38. The van der Waals surface area contributed by atoms with Crippen LogP contribution in [0.2, 0.25) is 0 Å². The normalized spacial score (nSPS) is 11.8. The van der Waals surface area contributed by atoms with Gasteiger partial charge in [0.2, 0.25) is 0 Å². The Morgan fingerprint density at radius 1 is 0.769 bits per heavy atom. The maximum atomic E-state index is 13.1. The first-order valence-corrected chi connectivity index (χ1v) is 9.66. The molecule has 0 unspecified atom stereocenters. The molecule has 0 saturated heterocycles. The third-order valence-corrected chi connectivity index (χ3v) is 6.31. The summed E-state index contributed by atoms with van der Waals surface area (Å²) in [4.78, 5) is 0. The molecule has 0 fully saturated rings. The van der Waals surface area contributed by atoms with Crippen LogP contribution < -0.4 is 8.92 Å². The average Bonchev–Trinajstić information content (AvgIpc) is 3.01. The fourth-order valence-electron chi connectivity index (χ4n) is 2.76. The van der Waals surface area contributed by atoms with Gasteiger partial charge in [0.25, 0.3) is 0 Å². The second-order valence-electron chi connectivity index (χ2n) is 5.75. The summed E-state index contributed by atoms with van der Waals surface area (Å²) in [5.41, 5.74) is 0.463. The van der Waals surface area contributed by atoms with Crippen LogP contribution in [0.5, 0.6) is 0 Å². The van der Waals surface area contributed by atoms with Gasteiger partial charge in [-0.2, -0.15) is 0 Å². The van der Waals surface area contributed by atoms with Gasteiger partial charge in [0, 0.05) is 0 Å². The van der Waals surface area contributed by atoms with Crippen LogP contribution >= 0.6 is 0 Å². The van der Waals surface area contributed by atoms with E-state index in [1.54, 1.807) is 6.07 Å². The number of fused-ring (bicyclic) bond motifs is 1. The summed E-state index contributed by atoms with van der Waals surface area (Å²) in [5, 5.41) is 0.948. The Balaban J connectivity index is 1.89. The van der Waals surface area contributed by atoms with Crippen LogP contribution in [0, 0.1) is 0 Å². The van der Waals surface area contributed by atoms with Crippen molar-refractivity contribution in [3.63, 3.8) is 0 Å². The van der Waals surface area contributed by atoms with E-state index in [2.05, 4.69) is 0 Å². The third-order valence-electron chi connectivity index (χ3n) is 3.97. The third kappa shape index (κ3) is 3.28. The molecule has 0 bridgehead atoms. The molecule has 1 heterocycles. The Hall–Kier alpha value is -2.49. The number of halogens is 3. The van der Waals surface area contributed by atoms with Crippen molar-refractivity contribution in [2.75, 3.05) is 0 Å². The summed E-state index contributed by atoms with van der Waals surface area (Å²) in [7, 11) is 0. The van der Waals surface area contributed by atoms with Crippen molar-refractivity contribution in [3.05, 3.63) is 84.4 Å². The Kier molecular flexibility index (Phi) is 4.35. The van der Waals surface area contributed by atoms with E-state index < -0.39 is 11.7 Å². The van der Waals surface area contributed by atoms with Crippen LogP contribution in [0.15, 0.2) is 83.3 Å². The molecular formula is C21H13F3OSe.